The van der Waals surface area contributed by atoms with Gasteiger partial charge in [0, 0.05) is 66.9 Å². The van der Waals surface area contributed by atoms with Gasteiger partial charge in [-0.3, -0.25) is 14.8 Å². The topological polar surface area (TPSA) is 63.1 Å². The summed E-state index contributed by atoms with van der Waals surface area (Å²) in [6.45, 7) is 17.1. The third kappa shape index (κ3) is 9.48. The minimum atomic E-state index is 0. The Bertz CT molecular complexity index is 1670. The number of hydrogen-bond donors (Lipinski definition) is 1. The number of aliphatic hydroxyl groups excluding tert-OH is 1. The average molecular weight is 810 g/mol. The van der Waals surface area contributed by atoms with E-state index in [1.165, 1.54) is 45.1 Å². The van der Waals surface area contributed by atoms with Crippen LogP contribution in [0.15, 0.2) is 66.6 Å². The maximum absolute atomic E-state index is 11.7. The summed E-state index contributed by atoms with van der Waals surface area (Å²) >= 11 is 0. The van der Waals surface area contributed by atoms with Crippen molar-refractivity contribution in [2.24, 2.45) is 17.8 Å². The van der Waals surface area contributed by atoms with Crippen LogP contribution in [0.2, 0.25) is 0 Å². The van der Waals surface area contributed by atoms with Gasteiger partial charge in [-0.15, -0.1) is 29.1 Å². The second-order valence-electron chi connectivity index (χ2n) is 13.5. The number of benzene rings is 2. The predicted octanol–water partition coefficient (Wildman–Crippen LogP) is 11.1. The monoisotopic (exact) mass is 810 g/mol. The Hall–Kier alpha value is -3.14. The number of nitrogens with zero attached hydrogens (tertiary/aromatic N) is 2. The Labute approximate surface area is 296 Å². The molecule has 2 heterocycles. The number of ketones is 1. The number of carbonyl (C=O) groups excluding carboxylic acids is 1. The van der Waals surface area contributed by atoms with Crippen molar-refractivity contribution in [3.05, 3.63) is 95.1 Å². The zero-order valence-electron chi connectivity index (χ0n) is 29.6. The third-order valence-electron chi connectivity index (χ3n) is 9.34. The van der Waals surface area contributed by atoms with Gasteiger partial charge in [-0.25, -0.2) is 0 Å². The fourth-order valence-electron chi connectivity index (χ4n) is 6.50. The van der Waals surface area contributed by atoms with E-state index in [0.717, 1.165) is 61.6 Å². The van der Waals surface area contributed by atoms with Crippen molar-refractivity contribution in [1.82, 2.24) is 9.97 Å². The number of rotatable bonds is 11. The van der Waals surface area contributed by atoms with E-state index < -0.39 is 0 Å². The van der Waals surface area contributed by atoms with Crippen LogP contribution in [-0.4, -0.2) is 20.9 Å². The number of fused-ring (bicyclic) bond motifs is 4. The molecule has 0 spiro atoms. The van der Waals surface area contributed by atoms with E-state index in [1.807, 2.05) is 27.7 Å². The Morgan fingerprint density at radius 2 is 1.57 bits per heavy atom. The van der Waals surface area contributed by atoms with Crippen LogP contribution in [0.5, 0.6) is 0 Å². The summed E-state index contributed by atoms with van der Waals surface area (Å²) in [6, 6.07) is 21.2. The van der Waals surface area contributed by atoms with Crippen molar-refractivity contribution in [3.8, 4) is 22.4 Å². The fourth-order valence-corrected chi connectivity index (χ4v) is 6.50. The van der Waals surface area contributed by atoms with Crippen molar-refractivity contribution < 1.29 is 30.0 Å². The van der Waals surface area contributed by atoms with E-state index in [1.54, 1.807) is 0 Å². The van der Waals surface area contributed by atoms with E-state index in [4.69, 9.17) is 9.97 Å². The molecule has 0 saturated heterocycles. The molecule has 0 atom stereocenters. The molecule has 4 aromatic rings. The van der Waals surface area contributed by atoms with Crippen molar-refractivity contribution >= 4 is 16.6 Å². The molecule has 1 aliphatic carbocycles. The molecule has 253 valence electrons. The number of allylic oxidation sites excluding steroid dienone is 2. The van der Waals surface area contributed by atoms with Gasteiger partial charge in [-0.05, 0) is 74.0 Å². The smallest absolute Gasteiger partial charge is 0.162 e. The van der Waals surface area contributed by atoms with Crippen LogP contribution in [0, 0.1) is 23.8 Å². The number of aromatic nitrogens is 2. The van der Waals surface area contributed by atoms with Gasteiger partial charge in [0.05, 0.1) is 5.76 Å². The summed E-state index contributed by atoms with van der Waals surface area (Å²) in [5, 5.41) is 12.2. The summed E-state index contributed by atoms with van der Waals surface area (Å²) in [6.07, 6.45) is 10.0. The van der Waals surface area contributed by atoms with Gasteiger partial charge < -0.3 is 5.11 Å². The van der Waals surface area contributed by atoms with E-state index >= 15 is 0 Å². The zero-order valence-corrected chi connectivity index (χ0v) is 32.0. The second-order valence-corrected chi connectivity index (χ2v) is 13.5. The van der Waals surface area contributed by atoms with Crippen LogP contribution in [0.3, 0.4) is 0 Å². The zero-order chi connectivity index (χ0) is 33.4. The minimum Gasteiger partial charge on any atom is -0.512 e. The second kappa shape index (κ2) is 17.9. The molecule has 5 rings (SSSR count). The maximum atomic E-state index is 11.7. The van der Waals surface area contributed by atoms with Gasteiger partial charge in [-0.2, -0.15) is 0 Å². The normalized spacial score (nSPS) is 12.6. The van der Waals surface area contributed by atoms with E-state index in [2.05, 4.69) is 88.5 Å². The van der Waals surface area contributed by atoms with Crippen molar-refractivity contribution in [1.29, 1.82) is 0 Å². The standard InChI is InChI=1S/C29H29N2.C13H24O2.Ir/c1-18(2)13-23-10-11-25-27-16-29(30-17-21(27)9-12-28(25)31-23)22-14-20-7-5-6-8-24(20)26(15-22)19(3)4;1-5-10(6-2)12(14)9-13(15)11(7-3)8-4;/h5-8,10-11,15-19H,9,12-13H2,1-4H3;9-11,14H,5-8H2,1-4H3;/q-1;;/b;12-9-;. The van der Waals surface area contributed by atoms with E-state index in [0.29, 0.717) is 11.8 Å². The predicted molar refractivity (Wildman–Crippen MR) is 193 cm³/mol. The van der Waals surface area contributed by atoms with Crippen molar-refractivity contribution in [2.45, 2.75) is 106 Å². The number of carbonyl (C=O) groups is 1. The Balaban J connectivity index is 0.000000322. The fraction of sp³-hybridized carbons (Fsp3) is 0.452. The first-order chi connectivity index (χ1) is 22.1. The van der Waals surface area contributed by atoms with Crippen LogP contribution in [-0.2, 0) is 44.2 Å². The van der Waals surface area contributed by atoms with Crippen molar-refractivity contribution in [2.75, 3.05) is 0 Å². The Kier molecular flexibility index (Phi) is 14.6. The van der Waals surface area contributed by atoms with Gasteiger partial charge in [0.15, 0.2) is 5.78 Å². The SMILES string of the molecule is CC(C)Cc1ccc2c(n1)CCc1cnc(-c3[c-]c4ccccc4c(C(C)C)c3)cc1-2.CCC(CC)C(=O)/C=C(\O)C(CC)CC.[Ir]. The summed E-state index contributed by atoms with van der Waals surface area (Å²) in [4.78, 5) is 21.6. The van der Waals surface area contributed by atoms with Crippen LogP contribution < -0.4 is 0 Å². The molecule has 2 aromatic heterocycles. The van der Waals surface area contributed by atoms with Gasteiger partial charge in [0.1, 0.15) is 0 Å². The summed E-state index contributed by atoms with van der Waals surface area (Å²) in [5.41, 5.74) is 9.71. The van der Waals surface area contributed by atoms with Crippen LogP contribution in [0.25, 0.3) is 33.2 Å². The maximum Gasteiger partial charge on any atom is 0.162 e. The number of pyridine rings is 2. The molecule has 0 bridgehead atoms. The molecule has 0 aliphatic heterocycles. The first-order valence-corrected chi connectivity index (χ1v) is 17.5. The Morgan fingerprint density at radius 1 is 0.894 bits per heavy atom. The number of hydrogen-bond acceptors (Lipinski definition) is 4. The molecule has 5 heteroatoms. The largest absolute Gasteiger partial charge is 0.512 e. The first-order valence-electron chi connectivity index (χ1n) is 17.5. The summed E-state index contributed by atoms with van der Waals surface area (Å²) in [7, 11) is 0. The number of aryl methyl sites for hydroxylation is 2. The van der Waals surface area contributed by atoms with E-state index in [-0.39, 0.29) is 43.5 Å². The number of aliphatic hydroxyl groups is 1. The minimum absolute atomic E-state index is 0. The first kappa shape index (κ1) is 38.3. The van der Waals surface area contributed by atoms with Gasteiger partial charge >= 0.3 is 0 Å². The van der Waals surface area contributed by atoms with Crippen LogP contribution >= 0.6 is 0 Å². The van der Waals surface area contributed by atoms with Crippen LogP contribution in [0.1, 0.15) is 110 Å². The van der Waals surface area contributed by atoms with E-state index in [9.17, 15) is 9.90 Å². The van der Waals surface area contributed by atoms with Gasteiger partial charge in [-0.1, -0.05) is 96.7 Å². The quantitative estimate of drug-likeness (QED) is 0.0931. The Morgan fingerprint density at radius 3 is 2.21 bits per heavy atom. The van der Waals surface area contributed by atoms with Crippen molar-refractivity contribution in [3.63, 3.8) is 0 Å². The molecule has 4 nitrogen and oxygen atoms in total. The molecule has 0 amide bonds. The summed E-state index contributed by atoms with van der Waals surface area (Å²) in [5.74, 6) is 1.61. The van der Waals surface area contributed by atoms with Gasteiger partial charge in [0.25, 0.3) is 0 Å². The molecule has 0 saturated carbocycles. The summed E-state index contributed by atoms with van der Waals surface area (Å²) < 4.78 is 0. The molecule has 0 unspecified atom stereocenters. The third-order valence-corrected chi connectivity index (χ3v) is 9.34. The molecular weight excluding hydrogens is 757 g/mol. The molecule has 0 fully saturated rings. The molecule has 1 aliphatic rings. The molecule has 1 radical (unpaired) electrons. The van der Waals surface area contributed by atoms with Gasteiger partial charge in [0.2, 0.25) is 0 Å². The van der Waals surface area contributed by atoms with Crippen LogP contribution in [0.4, 0.5) is 0 Å². The molecule has 47 heavy (non-hydrogen) atoms. The molecular formula is C42H53IrN2O2-. The molecule has 1 N–H and O–H groups in total. The molecule has 2 aromatic carbocycles. The average Bonchev–Trinajstić information content (AvgIpc) is 3.04.